The minimum Gasteiger partial charge on any atom is -0.493 e. The summed E-state index contributed by atoms with van der Waals surface area (Å²) >= 11 is 0. The molecule has 0 aliphatic heterocycles. The lowest BCUT2D eigenvalue weighted by Crippen LogP contribution is -2.32. The van der Waals surface area contributed by atoms with Crippen LogP contribution in [-0.4, -0.2) is 39.4 Å². The van der Waals surface area contributed by atoms with E-state index in [4.69, 9.17) is 18.9 Å². The highest BCUT2D eigenvalue weighted by atomic mass is 16.5. The summed E-state index contributed by atoms with van der Waals surface area (Å²) in [6.45, 7) is 3.91. The Morgan fingerprint density at radius 3 is 2.17 bits per heavy atom. The Balaban J connectivity index is 2.50. The van der Waals surface area contributed by atoms with Gasteiger partial charge in [-0.2, -0.15) is 0 Å². The summed E-state index contributed by atoms with van der Waals surface area (Å²) in [4.78, 5) is 25.1. The molecule has 0 spiro atoms. The second kappa shape index (κ2) is 11.7. The van der Waals surface area contributed by atoms with Crippen LogP contribution in [0, 0.1) is 5.92 Å². The van der Waals surface area contributed by atoms with Gasteiger partial charge < -0.3 is 24.3 Å². The van der Waals surface area contributed by atoms with E-state index in [0.29, 0.717) is 11.5 Å². The number of carbonyl (C=O) groups is 2. The van der Waals surface area contributed by atoms with Crippen molar-refractivity contribution in [1.82, 2.24) is 0 Å². The van der Waals surface area contributed by atoms with Crippen molar-refractivity contribution in [3.05, 3.63) is 54.1 Å². The van der Waals surface area contributed by atoms with E-state index in [1.165, 1.54) is 0 Å². The molecule has 0 amide bonds. The number of anilines is 1. The Morgan fingerprint density at radius 2 is 1.57 bits per heavy atom. The van der Waals surface area contributed by atoms with Gasteiger partial charge in [0.25, 0.3) is 0 Å². The van der Waals surface area contributed by atoms with E-state index in [1.54, 1.807) is 40.2 Å². The topological polar surface area (TPSA) is 83.1 Å². The normalized spacial score (nSPS) is 12.4. The molecule has 0 saturated carbocycles. The van der Waals surface area contributed by atoms with E-state index in [0.717, 1.165) is 11.3 Å². The Hall–Kier alpha value is -3.22. The predicted molar refractivity (Wildman–Crippen MR) is 114 cm³/mol. The molecule has 162 valence electrons. The first-order chi connectivity index (χ1) is 14.5. The van der Waals surface area contributed by atoms with Crippen molar-refractivity contribution >= 4 is 17.6 Å². The first kappa shape index (κ1) is 23.1. The van der Waals surface area contributed by atoms with Crippen LogP contribution in [-0.2, 0) is 19.1 Å². The van der Waals surface area contributed by atoms with Crippen LogP contribution in [0.15, 0.2) is 48.5 Å². The monoisotopic (exact) mass is 415 g/mol. The van der Waals surface area contributed by atoms with Gasteiger partial charge in [-0.3, -0.25) is 9.59 Å². The molecule has 1 N–H and O–H groups in total. The van der Waals surface area contributed by atoms with Crippen molar-refractivity contribution in [3.63, 3.8) is 0 Å². The van der Waals surface area contributed by atoms with E-state index >= 15 is 0 Å². The van der Waals surface area contributed by atoms with Crippen LogP contribution in [0.25, 0.3) is 0 Å². The number of esters is 2. The van der Waals surface area contributed by atoms with Crippen LogP contribution < -0.4 is 14.8 Å². The fourth-order valence-electron chi connectivity index (χ4n) is 3.16. The number of hydrogen-bond donors (Lipinski definition) is 1. The molecule has 0 heterocycles. The molecule has 0 fully saturated rings. The third-order valence-electron chi connectivity index (χ3n) is 4.55. The summed E-state index contributed by atoms with van der Waals surface area (Å²) in [7, 11) is 3.10. The van der Waals surface area contributed by atoms with Crippen LogP contribution in [0.4, 0.5) is 5.69 Å². The molecule has 7 nitrogen and oxygen atoms in total. The molecule has 0 bridgehead atoms. The van der Waals surface area contributed by atoms with Crippen LogP contribution in [0.3, 0.4) is 0 Å². The van der Waals surface area contributed by atoms with Crippen molar-refractivity contribution in [2.75, 3.05) is 32.8 Å². The van der Waals surface area contributed by atoms with Gasteiger partial charge in [0.2, 0.25) is 0 Å². The molecule has 2 aromatic carbocycles. The zero-order valence-electron chi connectivity index (χ0n) is 17.8. The predicted octanol–water partition coefficient (Wildman–Crippen LogP) is 3.99. The highest BCUT2D eigenvalue weighted by molar-refractivity contribution is 5.81. The summed E-state index contributed by atoms with van der Waals surface area (Å²) in [6, 6.07) is 14.3. The molecule has 2 unspecified atom stereocenters. The van der Waals surface area contributed by atoms with Gasteiger partial charge in [0.1, 0.15) is 0 Å². The molecule has 2 atom stereocenters. The second-order valence-corrected chi connectivity index (χ2v) is 6.47. The number of para-hydroxylation sites is 1. The van der Waals surface area contributed by atoms with E-state index in [2.05, 4.69) is 5.32 Å². The van der Waals surface area contributed by atoms with E-state index in [9.17, 15) is 9.59 Å². The minimum absolute atomic E-state index is 0.120. The number of rotatable bonds is 11. The average molecular weight is 415 g/mol. The van der Waals surface area contributed by atoms with E-state index in [1.807, 2.05) is 36.4 Å². The van der Waals surface area contributed by atoms with Crippen molar-refractivity contribution in [3.8, 4) is 11.5 Å². The molecular weight excluding hydrogens is 386 g/mol. The summed E-state index contributed by atoms with van der Waals surface area (Å²) < 4.78 is 21.1. The van der Waals surface area contributed by atoms with Gasteiger partial charge in [0.05, 0.1) is 45.8 Å². The molecule has 2 rings (SSSR count). The smallest absolute Gasteiger partial charge is 0.311 e. The number of methoxy groups -OCH3 is 2. The average Bonchev–Trinajstić information content (AvgIpc) is 2.76. The molecular formula is C23H29NO6. The first-order valence-electron chi connectivity index (χ1n) is 9.89. The lowest BCUT2D eigenvalue weighted by molar-refractivity contribution is -0.155. The second-order valence-electron chi connectivity index (χ2n) is 6.47. The maximum absolute atomic E-state index is 12.8. The van der Waals surface area contributed by atoms with Crippen molar-refractivity contribution in [2.45, 2.75) is 26.3 Å². The Morgan fingerprint density at radius 1 is 0.900 bits per heavy atom. The van der Waals surface area contributed by atoms with Crippen molar-refractivity contribution in [1.29, 1.82) is 0 Å². The van der Waals surface area contributed by atoms with Gasteiger partial charge in [-0.15, -0.1) is 0 Å². The van der Waals surface area contributed by atoms with Crippen LogP contribution >= 0.6 is 0 Å². The lowest BCUT2D eigenvalue weighted by atomic mass is 9.89. The number of nitrogens with one attached hydrogen (secondary N) is 1. The maximum Gasteiger partial charge on any atom is 0.311 e. The van der Waals surface area contributed by atoms with Crippen LogP contribution in [0.1, 0.15) is 31.9 Å². The van der Waals surface area contributed by atoms with E-state index < -0.39 is 23.9 Å². The highest BCUT2D eigenvalue weighted by Crippen LogP contribution is 2.36. The number of hydrogen-bond acceptors (Lipinski definition) is 7. The van der Waals surface area contributed by atoms with Crippen LogP contribution in [0.5, 0.6) is 11.5 Å². The largest absolute Gasteiger partial charge is 0.493 e. The standard InChI is InChI=1S/C23H29NO6/c1-5-29-21(25)15-18(23(26)30-6-2)22(24-17-10-8-7-9-11-17)16-12-13-19(27-3)20(14-16)28-4/h7-14,18,22,24H,5-6,15H2,1-4H3. The quantitative estimate of drug-likeness (QED) is 0.556. The summed E-state index contributed by atoms with van der Waals surface area (Å²) in [6.07, 6.45) is -0.120. The fourth-order valence-corrected chi connectivity index (χ4v) is 3.16. The summed E-state index contributed by atoms with van der Waals surface area (Å²) in [5.74, 6) is -0.654. The Kier molecular flexibility index (Phi) is 9.00. The third-order valence-corrected chi connectivity index (χ3v) is 4.55. The molecule has 0 aromatic heterocycles. The molecule has 2 aromatic rings. The lowest BCUT2D eigenvalue weighted by Gasteiger charge is -2.28. The minimum atomic E-state index is -0.803. The molecule has 0 aliphatic rings. The molecule has 7 heteroatoms. The Bertz CT molecular complexity index is 824. The fraction of sp³-hybridized carbons (Fsp3) is 0.391. The molecule has 30 heavy (non-hydrogen) atoms. The summed E-state index contributed by atoms with van der Waals surface area (Å²) in [5, 5.41) is 3.37. The third kappa shape index (κ3) is 6.14. The van der Waals surface area contributed by atoms with Crippen molar-refractivity contribution in [2.24, 2.45) is 5.92 Å². The van der Waals surface area contributed by atoms with Gasteiger partial charge in [-0.05, 0) is 43.7 Å². The molecule has 0 saturated heterocycles. The number of carbonyl (C=O) groups excluding carboxylic acids is 2. The number of benzene rings is 2. The van der Waals surface area contributed by atoms with Gasteiger partial charge in [0, 0.05) is 5.69 Å². The summed E-state index contributed by atoms with van der Waals surface area (Å²) in [5.41, 5.74) is 1.55. The maximum atomic E-state index is 12.8. The van der Waals surface area contributed by atoms with Gasteiger partial charge >= 0.3 is 11.9 Å². The Labute approximate surface area is 177 Å². The SMILES string of the molecule is CCOC(=O)CC(C(=O)OCC)C(Nc1ccccc1)c1ccc(OC)c(OC)c1. The molecule has 0 radical (unpaired) electrons. The molecule has 0 aliphatic carbocycles. The van der Waals surface area contributed by atoms with E-state index in [-0.39, 0.29) is 19.6 Å². The first-order valence-corrected chi connectivity index (χ1v) is 9.89. The van der Waals surface area contributed by atoms with Gasteiger partial charge in [0.15, 0.2) is 11.5 Å². The van der Waals surface area contributed by atoms with Gasteiger partial charge in [-0.25, -0.2) is 0 Å². The zero-order valence-corrected chi connectivity index (χ0v) is 17.8. The van der Waals surface area contributed by atoms with Crippen LogP contribution in [0.2, 0.25) is 0 Å². The number of ether oxygens (including phenoxy) is 4. The van der Waals surface area contributed by atoms with Crippen molar-refractivity contribution < 1.29 is 28.5 Å². The highest BCUT2D eigenvalue weighted by Gasteiger charge is 2.34. The van der Waals surface area contributed by atoms with Gasteiger partial charge in [-0.1, -0.05) is 24.3 Å². The zero-order chi connectivity index (χ0) is 21.9.